The third kappa shape index (κ3) is 3.04. The van der Waals surface area contributed by atoms with E-state index in [0.717, 1.165) is 6.20 Å². The van der Waals surface area contributed by atoms with Gasteiger partial charge in [0.15, 0.2) is 11.5 Å². The zero-order valence-electron chi connectivity index (χ0n) is 13.2. The molecule has 0 aliphatic heterocycles. The number of fused-ring (bicyclic) bond motifs is 1. The molecule has 0 saturated carbocycles. The van der Waals surface area contributed by atoms with Crippen molar-refractivity contribution in [1.29, 1.82) is 0 Å². The van der Waals surface area contributed by atoms with Crippen molar-refractivity contribution in [3.63, 3.8) is 0 Å². The number of methoxy groups -OCH3 is 2. The zero-order valence-corrected chi connectivity index (χ0v) is 13.2. The van der Waals surface area contributed by atoms with E-state index in [1.54, 1.807) is 12.1 Å². The number of carbonyl (C=O) groups is 2. The number of nitrogens with zero attached hydrogens (tertiary/aromatic N) is 3. The van der Waals surface area contributed by atoms with Gasteiger partial charge in [0.25, 0.3) is 5.91 Å². The van der Waals surface area contributed by atoms with Crippen LogP contribution in [-0.4, -0.2) is 51.4 Å². The number of aromatic nitrogens is 4. The van der Waals surface area contributed by atoms with Crippen LogP contribution in [0.25, 0.3) is 11.0 Å². The number of ether oxygens (including phenoxy) is 2. The van der Waals surface area contributed by atoms with Crippen LogP contribution < -0.4 is 14.8 Å². The summed E-state index contributed by atoms with van der Waals surface area (Å²) < 4.78 is 10.4. The van der Waals surface area contributed by atoms with Crippen molar-refractivity contribution in [1.82, 2.24) is 20.2 Å². The van der Waals surface area contributed by atoms with Crippen molar-refractivity contribution in [2.45, 2.75) is 0 Å². The maximum absolute atomic E-state index is 12.3. The van der Waals surface area contributed by atoms with E-state index in [9.17, 15) is 9.59 Å². The monoisotopic (exact) mass is 343 g/mol. The Morgan fingerprint density at radius 2 is 1.80 bits per heavy atom. The highest BCUT2D eigenvalue weighted by atomic mass is 16.5. The summed E-state index contributed by atoms with van der Waals surface area (Å²) in [6.45, 7) is 0. The van der Waals surface area contributed by atoms with Gasteiger partial charge < -0.3 is 19.9 Å². The number of hydrogen-bond acceptors (Lipinski definition) is 7. The van der Waals surface area contributed by atoms with Gasteiger partial charge >= 0.3 is 5.97 Å². The average molecular weight is 343 g/mol. The van der Waals surface area contributed by atoms with Crippen molar-refractivity contribution < 1.29 is 24.2 Å². The van der Waals surface area contributed by atoms with Crippen molar-refractivity contribution in [3.8, 4) is 11.5 Å². The first kappa shape index (κ1) is 16.2. The fourth-order valence-electron chi connectivity index (χ4n) is 2.17. The summed E-state index contributed by atoms with van der Waals surface area (Å²) in [5, 5.41) is 17.4. The Morgan fingerprint density at radius 3 is 2.44 bits per heavy atom. The lowest BCUT2D eigenvalue weighted by molar-refractivity contribution is 0.0698. The number of amides is 1. The quantitative estimate of drug-likeness (QED) is 0.630. The van der Waals surface area contributed by atoms with E-state index in [0.29, 0.717) is 22.5 Å². The second-order valence-corrected chi connectivity index (χ2v) is 4.87. The number of nitrogens with one attached hydrogen (secondary N) is 2. The largest absolute Gasteiger partial charge is 0.493 e. The summed E-state index contributed by atoms with van der Waals surface area (Å²) in [6.07, 6.45) is 2.38. The molecule has 128 valence electrons. The second-order valence-electron chi connectivity index (χ2n) is 4.87. The highest BCUT2D eigenvalue weighted by Gasteiger charge is 2.17. The molecule has 0 aliphatic rings. The molecule has 3 N–H and O–H groups in total. The molecule has 0 atom stereocenters. The van der Waals surface area contributed by atoms with Crippen LogP contribution in [0.15, 0.2) is 24.5 Å². The molecule has 2 heterocycles. The number of rotatable bonds is 5. The Bertz CT molecular complexity index is 968. The minimum Gasteiger partial charge on any atom is -0.493 e. The molecule has 0 spiro atoms. The number of H-pyrrole nitrogens is 1. The predicted octanol–water partition coefficient (Wildman–Crippen LogP) is 1.32. The van der Waals surface area contributed by atoms with Gasteiger partial charge in [0, 0.05) is 12.1 Å². The molecule has 2 aromatic heterocycles. The maximum atomic E-state index is 12.3. The number of carboxylic acid groups (broad SMARTS) is 1. The van der Waals surface area contributed by atoms with Crippen molar-refractivity contribution >= 4 is 28.7 Å². The summed E-state index contributed by atoms with van der Waals surface area (Å²) in [7, 11) is 2.99. The smallest absolute Gasteiger partial charge is 0.341 e. The first-order valence-electron chi connectivity index (χ1n) is 7.00. The van der Waals surface area contributed by atoms with E-state index in [-0.39, 0.29) is 17.1 Å². The Morgan fingerprint density at radius 1 is 1.12 bits per heavy atom. The van der Waals surface area contributed by atoms with E-state index >= 15 is 0 Å². The molecule has 0 unspecified atom stereocenters. The standard InChI is InChI=1S/C15H13N5O5/c1-24-11-3-8-9(4-12(11)25-2)18-10(6-16-8)14(21)19-13-7(15(22)23)5-17-20-13/h3-6H,1-2H3,(H,22,23)(H2,17,19,20,21). The molecule has 0 bridgehead atoms. The van der Waals surface area contributed by atoms with Crippen molar-refractivity contribution in [2.24, 2.45) is 0 Å². The van der Waals surface area contributed by atoms with Crippen LogP contribution in [0.2, 0.25) is 0 Å². The third-order valence-electron chi connectivity index (χ3n) is 3.39. The normalized spacial score (nSPS) is 10.5. The van der Waals surface area contributed by atoms with Gasteiger partial charge in [-0.25, -0.2) is 9.78 Å². The van der Waals surface area contributed by atoms with Crippen molar-refractivity contribution in [3.05, 3.63) is 35.8 Å². The summed E-state index contributed by atoms with van der Waals surface area (Å²) >= 11 is 0. The maximum Gasteiger partial charge on any atom is 0.341 e. The Labute approximate surface area is 140 Å². The van der Waals surface area contributed by atoms with Crippen LogP contribution in [0.5, 0.6) is 11.5 Å². The lowest BCUT2D eigenvalue weighted by Gasteiger charge is -2.09. The van der Waals surface area contributed by atoms with Gasteiger partial charge in [-0.05, 0) is 0 Å². The molecule has 3 rings (SSSR count). The van der Waals surface area contributed by atoms with Crippen LogP contribution in [0.3, 0.4) is 0 Å². The summed E-state index contributed by atoms with van der Waals surface area (Å²) in [5.41, 5.74) is 0.787. The van der Waals surface area contributed by atoms with Gasteiger partial charge in [-0.2, -0.15) is 5.10 Å². The van der Waals surface area contributed by atoms with Crippen LogP contribution in [0.4, 0.5) is 5.82 Å². The third-order valence-corrected chi connectivity index (χ3v) is 3.39. The van der Waals surface area contributed by atoms with Gasteiger partial charge in [-0.3, -0.25) is 14.9 Å². The predicted molar refractivity (Wildman–Crippen MR) is 86.1 cm³/mol. The van der Waals surface area contributed by atoms with Gasteiger partial charge in [-0.15, -0.1) is 0 Å². The number of benzene rings is 1. The minimum absolute atomic E-state index is 0.00524. The number of aromatic carboxylic acids is 1. The van der Waals surface area contributed by atoms with Crippen molar-refractivity contribution in [2.75, 3.05) is 19.5 Å². The topological polar surface area (TPSA) is 139 Å². The minimum atomic E-state index is -1.22. The molecule has 1 aromatic carbocycles. The van der Waals surface area contributed by atoms with Gasteiger partial charge in [-0.1, -0.05) is 0 Å². The zero-order chi connectivity index (χ0) is 18.0. The SMILES string of the molecule is COc1cc2ncc(C(=O)Nc3[nH]ncc3C(=O)O)nc2cc1OC. The first-order chi connectivity index (χ1) is 12.0. The van der Waals surface area contributed by atoms with E-state index in [2.05, 4.69) is 25.5 Å². The van der Waals surface area contributed by atoms with E-state index < -0.39 is 11.9 Å². The number of aromatic amines is 1. The number of hydrogen-bond donors (Lipinski definition) is 3. The van der Waals surface area contributed by atoms with E-state index in [1.807, 2.05) is 0 Å². The Kier molecular flexibility index (Phi) is 4.16. The molecule has 3 aromatic rings. The number of carbonyl (C=O) groups excluding carboxylic acids is 1. The molecular weight excluding hydrogens is 330 g/mol. The molecule has 0 fully saturated rings. The summed E-state index contributed by atoms with van der Waals surface area (Å²) in [4.78, 5) is 31.7. The van der Waals surface area contributed by atoms with E-state index in [1.165, 1.54) is 20.4 Å². The number of anilines is 1. The fourth-order valence-corrected chi connectivity index (χ4v) is 2.17. The van der Waals surface area contributed by atoms with Crippen LogP contribution in [0.1, 0.15) is 20.8 Å². The second kappa shape index (κ2) is 6.43. The van der Waals surface area contributed by atoms with Crippen LogP contribution in [0, 0.1) is 0 Å². The lowest BCUT2D eigenvalue weighted by atomic mass is 10.2. The fraction of sp³-hybridized carbons (Fsp3) is 0.133. The Balaban J connectivity index is 1.94. The molecule has 10 nitrogen and oxygen atoms in total. The lowest BCUT2D eigenvalue weighted by Crippen LogP contribution is -2.16. The summed E-state index contributed by atoms with van der Waals surface area (Å²) in [5.74, 6) is -0.943. The van der Waals surface area contributed by atoms with Gasteiger partial charge in [0.2, 0.25) is 0 Å². The molecule has 0 saturated heterocycles. The Hall–Kier alpha value is -3.69. The first-order valence-corrected chi connectivity index (χ1v) is 7.00. The average Bonchev–Trinajstić information content (AvgIpc) is 3.08. The molecule has 25 heavy (non-hydrogen) atoms. The molecule has 0 radical (unpaired) electrons. The van der Waals surface area contributed by atoms with Gasteiger partial charge in [0.1, 0.15) is 17.1 Å². The molecule has 0 aliphatic carbocycles. The molecule has 10 heteroatoms. The van der Waals surface area contributed by atoms with Crippen LogP contribution in [-0.2, 0) is 0 Å². The summed E-state index contributed by atoms with van der Waals surface area (Å²) in [6, 6.07) is 3.23. The van der Waals surface area contributed by atoms with E-state index in [4.69, 9.17) is 14.6 Å². The number of carboxylic acids is 1. The molecular formula is C15H13N5O5. The highest BCUT2D eigenvalue weighted by Crippen LogP contribution is 2.30. The van der Waals surface area contributed by atoms with Crippen LogP contribution >= 0.6 is 0 Å². The highest BCUT2D eigenvalue weighted by molar-refractivity contribution is 6.06. The molecule has 1 amide bonds. The van der Waals surface area contributed by atoms with Gasteiger partial charge in [0.05, 0.1) is 37.6 Å².